The number of fused-ring (bicyclic) bond motifs is 1. The standard InChI is InChI=1S/C29H31N3O3/c1-4-11-25(31-29(34)21-12-7-6-8-13-21)28-30-24-14-9-10-15-26(24)32(28)19-23-18-22(20(3)33)16-17-27(23)35-5-2/h6-10,12-18,25H,4-5,11,19H2,1-3H3,(H,31,34)/t25-/m1/s1. The molecule has 6 heteroatoms. The molecular formula is C29H31N3O3. The van der Waals surface area contributed by atoms with Crippen molar-refractivity contribution in [2.45, 2.75) is 46.2 Å². The Morgan fingerprint density at radius 2 is 1.71 bits per heavy atom. The van der Waals surface area contributed by atoms with E-state index in [9.17, 15) is 9.59 Å². The zero-order chi connectivity index (χ0) is 24.8. The first kappa shape index (κ1) is 24.2. The summed E-state index contributed by atoms with van der Waals surface area (Å²) in [5.41, 5.74) is 3.97. The molecule has 0 aliphatic rings. The van der Waals surface area contributed by atoms with Crippen LogP contribution >= 0.6 is 0 Å². The van der Waals surface area contributed by atoms with Crippen LogP contribution in [0.1, 0.15) is 71.8 Å². The Labute approximate surface area is 206 Å². The Kier molecular flexibility index (Phi) is 7.60. The van der Waals surface area contributed by atoms with Gasteiger partial charge in [-0.05, 0) is 62.7 Å². The predicted molar refractivity (Wildman–Crippen MR) is 138 cm³/mol. The Bertz CT molecular complexity index is 1330. The SMILES string of the molecule is CCC[C@@H](NC(=O)c1ccccc1)c1nc2ccccc2n1Cc1cc(C(C)=O)ccc1OCC. The second-order valence-electron chi connectivity index (χ2n) is 8.54. The number of ether oxygens (including phenoxy) is 1. The van der Waals surface area contributed by atoms with Crippen LogP contribution in [0.2, 0.25) is 0 Å². The third-order valence-corrected chi connectivity index (χ3v) is 6.01. The van der Waals surface area contributed by atoms with Crippen LogP contribution in [0.3, 0.4) is 0 Å². The maximum absolute atomic E-state index is 13.0. The maximum Gasteiger partial charge on any atom is 0.251 e. The molecule has 3 aromatic carbocycles. The van der Waals surface area contributed by atoms with E-state index in [4.69, 9.17) is 9.72 Å². The minimum Gasteiger partial charge on any atom is -0.494 e. The van der Waals surface area contributed by atoms with Gasteiger partial charge >= 0.3 is 0 Å². The van der Waals surface area contributed by atoms with E-state index in [0.29, 0.717) is 24.3 Å². The average Bonchev–Trinajstić information content (AvgIpc) is 3.23. The van der Waals surface area contributed by atoms with Crippen molar-refractivity contribution in [3.63, 3.8) is 0 Å². The second kappa shape index (κ2) is 11.0. The molecule has 1 aromatic heterocycles. The largest absolute Gasteiger partial charge is 0.494 e. The molecule has 0 saturated heterocycles. The molecule has 0 unspecified atom stereocenters. The van der Waals surface area contributed by atoms with Gasteiger partial charge in [-0.25, -0.2) is 4.98 Å². The van der Waals surface area contributed by atoms with Crippen molar-refractivity contribution in [1.29, 1.82) is 0 Å². The number of Topliss-reactive ketones (excluding diaryl/α,β-unsaturated/α-hetero) is 1. The number of carbonyl (C=O) groups is 2. The lowest BCUT2D eigenvalue weighted by atomic mass is 10.1. The van der Waals surface area contributed by atoms with Crippen LogP contribution in [-0.4, -0.2) is 27.8 Å². The Morgan fingerprint density at radius 3 is 2.43 bits per heavy atom. The molecule has 6 nitrogen and oxygen atoms in total. The highest BCUT2D eigenvalue weighted by atomic mass is 16.5. The van der Waals surface area contributed by atoms with Gasteiger partial charge in [-0.1, -0.05) is 43.7 Å². The number of nitrogens with zero attached hydrogens (tertiary/aromatic N) is 2. The Morgan fingerprint density at radius 1 is 0.971 bits per heavy atom. The summed E-state index contributed by atoms with van der Waals surface area (Å²) in [6.45, 7) is 6.59. The van der Waals surface area contributed by atoms with Gasteiger partial charge in [0, 0.05) is 16.7 Å². The molecule has 1 atom stereocenters. The molecule has 0 saturated carbocycles. The first-order chi connectivity index (χ1) is 17.0. The lowest BCUT2D eigenvalue weighted by Gasteiger charge is -2.21. The number of amides is 1. The lowest BCUT2D eigenvalue weighted by molar-refractivity contribution is 0.0931. The van der Waals surface area contributed by atoms with Gasteiger partial charge in [0.25, 0.3) is 5.91 Å². The zero-order valence-electron chi connectivity index (χ0n) is 20.5. The van der Waals surface area contributed by atoms with E-state index in [-0.39, 0.29) is 17.7 Å². The van der Waals surface area contributed by atoms with Crippen LogP contribution in [-0.2, 0) is 6.54 Å². The molecule has 1 N–H and O–H groups in total. The number of para-hydroxylation sites is 2. The fraction of sp³-hybridized carbons (Fsp3) is 0.276. The Hall–Kier alpha value is -3.93. The predicted octanol–water partition coefficient (Wildman–Crippen LogP) is 5.96. The van der Waals surface area contributed by atoms with Gasteiger partial charge in [-0.15, -0.1) is 0 Å². The van der Waals surface area contributed by atoms with E-state index in [2.05, 4.69) is 16.8 Å². The first-order valence-corrected chi connectivity index (χ1v) is 12.1. The second-order valence-corrected chi connectivity index (χ2v) is 8.54. The van der Waals surface area contributed by atoms with Gasteiger partial charge in [0.15, 0.2) is 5.78 Å². The van der Waals surface area contributed by atoms with E-state index < -0.39 is 0 Å². The van der Waals surface area contributed by atoms with Crippen molar-refractivity contribution >= 4 is 22.7 Å². The van der Waals surface area contributed by atoms with Crippen molar-refractivity contribution in [2.75, 3.05) is 6.61 Å². The molecule has 0 radical (unpaired) electrons. The molecule has 0 aliphatic carbocycles. The lowest BCUT2D eigenvalue weighted by Crippen LogP contribution is -2.30. The number of imidazole rings is 1. The van der Waals surface area contributed by atoms with Crippen LogP contribution in [0.15, 0.2) is 72.8 Å². The first-order valence-electron chi connectivity index (χ1n) is 12.1. The molecule has 0 bridgehead atoms. The highest BCUT2D eigenvalue weighted by Gasteiger charge is 2.23. The molecule has 1 amide bonds. The molecule has 0 spiro atoms. The van der Waals surface area contributed by atoms with E-state index in [0.717, 1.165) is 41.0 Å². The van der Waals surface area contributed by atoms with Gasteiger partial charge in [0.05, 0.1) is 30.2 Å². The van der Waals surface area contributed by atoms with E-state index >= 15 is 0 Å². The molecule has 1 heterocycles. The van der Waals surface area contributed by atoms with Crippen LogP contribution in [0.4, 0.5) is 0 Å². The number of ketones is 1. The topological polar surface area (TPSA) is 73.2 Å². The van der Waals surface area contributed by atoms with Crippen LogP contribution in [0.5, 0.6) is 5.75 Å². The third-order valence-electron chi connectivity index (χ3n) is 6.01. The number of carbonyl (C=O) groups excluding carboxylic acids is 2. The van der Waals surface area contributed by atoms with Crippen molar-refractivity contribution in [3.05, 3.63) is 95.3 Å². The summed E-state index contributed by atoms with van der Waals surface area (Å²) in [6, 6.07) is 22.5. The quantitative estimate of drug-likeness (QED) is 0.291. The summed E-state index contributed by atoms with van der Waals surface area (Å²) in [5.74, 6) is 1.40. The average molecular weight is 470 g/mol. The Balaban J connectivity index is 1.79. The fourth-order valence-electron chi connectivity index (χ4n) is 4.30. The summed E-state index contributed by atoms with van der Waals surface area (Å²) >= 11 is 0. The molecule has 0 aliphatic heterocycles. The third kappa shape index (κ3) is 5.43. The summed E-state index contributed by atoms with van der Waals surface area (Å²) in [6.07, 6.45) is 1.63. The van der Waals surface area contributed by atoms with E-state index in [1.54, 1.807) is 13.0 Å². The van der Waals surface area contributed by atoms with Crippen LogP contribution < -0.4 is 10.1 Å². The van der Waals surface area contributed by atoms with Gasteiger partial charge in [0.1, 0.15) is 11.6 Å². The fourth-order valence-corrected chi connectivity index (χ4v) is 4.30. The number of rotatable bonds is 10. The summed E-state index contributed by atoms with van der Waals surface area (Å²) in [4.78, 5) is 30.1. The monoisotopic (exact) mass is 469 g/mol. The minimum atomic E-state index is -0.272. The number of benzene rings is 3. The van der Waals surface area contributed by atoms with E-state index in [1.807, 2.05) is 73.7 Å². The highest BCUT2D eigenvalue weighted by Crippen LogP contribution is 2.29. The van der Waals surface area contributed by atoms with Crippen molar-refractivity contribution < 1.29 is 14.3 Å². The molecule has 35 heavy (non-hydrogen) atoms. The van der Waals surface area contributed by atoms with Gasteiger partial charge in [-0.3, -0.25) is 9.59 Å². The van der Waals surface area contributed by atoms with Gasteiger partial charge < -0.3 is 14.6 Å². The normalized spacial score (nSPS) is 11.9. The maximum atomic E-state index is 13.0. The number of aromatic nitrogens is 2. The van der Waals surface area contributed by atoms with Crippen molar-refractivity contribution in [1.82, 2.24) is 14.9 Å². The molecule has 4 aromatic rings. The van der Waals surface area contributed by atoms with Crippen LogP contribution in [0, 0.1) is 0 Å². The molecule has 4 rings (SSSR count). The van der Waals surface area contributed by atoms with Crippen molar-refractivity contribution in [3.8, 4) is 5.75 Å². The summed E-state index contributed by atoms with van der Waals surface area (Å²) in [7, 11) is 0. The minimum absolute atomic E-state index is 0.00370. The number of nitrogens with one attached hydrogen (secondary N) is 1. The zero-order valence-corrected chi connectivity index (χ0v) is 20.5. The van der Waals surface area contributed by atoms with Gasteiger partial charge in [0.2, 0.25) is 0 Å². The molecule has 180 valence electrons. The van der Waals surface area contributed by atoms with Gasteiger partial charge in [-0.2, -0.15) is 0 Å². The number of hydrogen-bond donors (Lipinski definition) is 1. The van der Waals surface area contributed by atoms with Crippen molar-refractivity contribution in [2.24, 2.45) is 0 Å². The number of hydrogen-bond acceptors (Lipinski definition) is 4. The highest BCUT2D eigenvalue weighted by molar-refractivity contribution is 5.95. The summed E-state index contributed by atoms with van der Waals surface area (Å²) in [5, 5.41) is 3.20. The van der Waals surface area contributed by atoms with Crippen LogP contribution in [0.25, 0.3) is 11.0 Å². The molecular weight excluding hydrogens is 438 g/mol. The summed E-state index contributed by atoms with van der Waals surface area (Å²) < 4.78 is 8.02. The smallest absolute Gasteiger partial charge is 0.251 e. The van der Waals surface area contributed by atoms with E-state index in [1.165, 1.54) is 0 Å². The molecule has 0 fully saturated rings.